The van der Waals surface area contributed by atoms with E-state index in [9.17, 15) is 14.4 Å². The first-order valence-electron chi connectivity index (χ1n) is 14.7. The number of benzene rings is 4. The molecule has 0 heterocycles. The molecule has 0 fully saturated rings. The largest absolute Gasteiger partial charge is 0.494 e. The molecule has 4 aromatic rings. The van der Waals surface area contributed by atoms with Crippen molar-refractivity contribution in [2.75, 3.05) is 30.5 Å². The average molecular weight is 613 g/mol. The highest BCUT2D eigenvalue weighted by molar-refractivity contribution is 6.33. The van der Waals surface area contributed by atoms with Crippen molar-refractivity contribution in [2.45, 2.75) is 38.6 Å². The predicted octanol–water partition coefficient (Wildman–Crippen LogP) is 7.37. The Kier molecular flexibility index (Phi) is 12.0. The van der Waals surface area contributed by atoms with Crippen LogP contribution in [0.1, 0.15) is 47.7 Å². The fourth-order valence-electron chi connectivity index (χ4n) is 4.84. The summed E-state index contributed by atoms with van der Waals surface area (Å²) < 4.78 is 11.0. The Morgan fingerprint density at radius 1 is 0.864 bits per heavy atom. The Hall–Kier alpha value is -4.62. The van der Waals surface area contributed by atoms with Crippen molar-refractivity contribution in [3.63, 3.8) is 0 Å². The van der Waals surface area contributed by atoms with Crippen LogP contribution in [-0.4, -0.2) is 44.0 Å². The molecule has 0 radical (unpaired) electrons. The molecule has 44 heavy (non-hydrogen) atoms. The van der Waals surface area contributed by atoms with Gasteiger partial charge in [-0.15, -0.1) is 0 Å². The van der Waals surface area contributed by atoms with Gasteiger partial charge in [-0.2, -0.15) is 0 Å². The summed E-state index contributed by atoms with van der Waals surface area (Å²) in [4.78, 5) is 40.4. The van der Waals surface area contributed by atoms with E-state index in [0.29, 0.717) is 65.7 Å². The summed E-state index contributed by atoms with van der Waals surface area (Å²) in [5.74, 6) is 0.140. The zero-order chi connectivity index (χ0) is 31.3. The minimum Gasteiger partial charge on any atom is -0.494 e. The first-order valence-corrected chi connectivity index (χ1v) is 15.1. The quantitative estimate of drug-likeness (QED) is 0.0857. The number of rotatable bonds is 15. The third-order valence-corrected chi connectivity index (χ3v) is 7.41. The van der Waals surface area contributed by atoms with Gasteiger partial charge in [0.1, 0.15) is 11.8 Å². The van der Waals surface area contributed by atoms with Crippen LogP contribution in [0.3, 0.4) is 0 Å². The fraction of sp³-hybridized carbons (Fsp3) is 0.250. The molecule has 1 amide bonds. The lowest BCUT2D eigenvalue weighted by Gasteiger charge is -2.24. The van der Waals surface area contributed by atoms with E-state index in [1.54, 1.807) is 41.3 Å². The second-order valence-corrected chi connectivity index (χ2v) is 10.7. The van der Waals surface area contributed by atoms with Crippen molar-refractivity contribution in [1.82, 2.24) is 0 Å². The fourth-order valence-corrected chi connectivity index (χ4v) is 5.08. The van der Waals surface area contributed by atoms with Crippen molar-refractivity contribution >= 4 is 40.6 Å². The molecule has 7 nitrogen and oxygen atoms in total. The number of methoxy groups -OCH3 is 1. The number of esters is 1. The Balaban J connectivity index is 1.37. The smallest absolute Gasteiger partial charge is 0.328 e. The summed E-state index contributed by atoms with van der Waals surface area (Å²) in [5.41, 5.74) is 3.19. The Morgan fingerprint density at radius 3 is 2.25 bits per heavy atom. The van der Waals surface area contributed by atoms with Gasteiger partial charge in [0, 0.05) is 36.2 Å². The van der Waals surface area contributed by atoms with Crippen LogP contribution in [0.15, 0.2) is 103 Å². The van der Waals surface area contributed by atoms with Gasteiger partial charge < -0.3 is 19.7 Å². The van der Waals surface area contributed by atoms with Crippen molar-refractivity contribution in [2.24, 2.45) is 0 Å². The topological polar surface area (TPSA) is 84.9 Å². The van der Waals surface area contributed by atoms with Crippen LogP contribution in [-0.2, 0) is 20.7 Å². The van der Waals surface area contributed by atoms with Crippen LogP contribution >= 0.6 is 11.6 Å². The molecular formula is C36H37ClN2O5. The second kappa shape index (κ2) is 16.3. The molecule has 0 aliphatic rings. The number of halogens is 1. The van der Waals surface area contributed by atoms with Crippen molar-refractivity contribution in [1.29, 1.82) is 0 Å². The third-order valence-electron chi connectivity index (χ3n) is 7.09. The number of carbonyl (C=O) groups excluding carboxylic acids is 3. The van der Waals surface area contributed by atoms with Crippen molar-refractivity contribution in [3.8, 4) is 5.75 Å². The summed E-state index contributed by atoms with van der Waals surface area (Å²) in [6.45, 7) is 2.88. The van der Waals surface area contributed by atoms with Gasteiger partial charge in [-0.1, -0.05) is 85.3 Å². The van der Waals surface area contributed by atoms with E-state index in [-0.39, 0.29) is 11.7 Å². The number of carbonyl (C=O) groups is 3. The molecule has 4 rings (SSSR count). The highest BCUT2D eigenvalue weighted by Gasteiger charge is 2.23. The van der Waals surface area contributed by atoms with Crippen LogP contribution in [0, 0.1) is 0 Å². The van der Waals surface area contributed by atoms with Gasteiger partial charge in [-0.25, -0.2) is 4.79 Å². The number of ketones is 1. The predicted molar refractivity (Wildman–Crippen MR) is 175 cm³/mol. The monoisotopic (exact) mass is 612 g/mol. The number of para-hydroxylation sites is 2. The molecule has 0 aliphatic carbocycles. The summed E-state index contributed by atoms with van der Waals surface area (Å²) in [7, 11) is 1.34. The summed E-state index contributed by atoms with van der Waals surface area (Å²) in [6.07, 6.45) is 2.17. The molecule has 0 saturated carbocycles. The van der Waals surface area contributed by atoms with Gasteiger partial charge in [-0.3, -0.25) is 9.59 Å². The van der Waals surface area contributed by atoms with E-state index in [1.165, 1.54) is 7.11 Å². The third kappa shape index (κ3) is 8.71. The number of ether oxygens (including phenoxy) is 2. The molecule has 1 N–H and O–H groups in total. The zero-order valence-corrected chi connectivity index (χ0v) is 25.8. The van der Waals surface area contributed by atoms with Gasteiger partial charge in [0.05, 0.1) is 24.4 Å². The Morgan fingerprint density at radius 2 is 1.55 bits per heavy atom. The Bertz CT molecular complexity index is 1540. The minimum atomic E-state index is -0.715. The first kappa shape index (κ1) is 32.3. The zero-order valence-electron chi connectivity index (χ0n) is 25.0. The van der Waals surface area contributed by atoms with Crippen molar-refractivity contribution in [3.05, 3.63) is 125 Å². The van der Waals surface area contributed by atoms with Crippen molar-refractivity contribution < 1.29 is 23.9 Å². The number of hydrogen-bond donors (Lipinski definition) is 1. The first-order chi connectivity index (χ1) is 21.4. The molecule has 8 heteroatoms. The molecule has 4 aromatic carbocycles. The molecule has 0 saturated heterocycles. The summed E-state index contributed by atoms with van der Waals surface area (Å²) in [5, 5.41) is 3.77. The van der Waals surface area contributed by atoms with Crippen LogP contribution in [0.5, 0.6) is 5.75 Å². The minimum absolute atomic E-state index is 0.0331. The average Bonchev–Trinajstić information content (AvgIpc) is 3.05. The molecule has 0 aromatic heterocycles. The highest BCUT2D eigenvalue weighted by Crippen LogP contribution is 2.27. The Labute approximate surface area is 263 Å². The standard InChI is InChI=1S/C36H37ClN2O5/c1-3-12-34(40)39(33-18-10-8-16-30(33)37)23-11-24-44-28-21-19-26(20-22-28)25-32(36(42)43-2)38-31-17-9-7-15-29(31)35(41)27-13-5-4-6-14-27/h4-10,13-22,32,38H,3,11-12,23-25H2,1-2H3/t32-/m0/s1. The van der Waals surface area contributed by atoms with Gasteiger partial charge in [0.15, 0.2) is 5.78 Å². The molecule has 228 valence electrons. The number of amides is 1. The molecular weight excluding hydrogens is 576 g/mol. The molecule has 0 spiro atoms. The van der Waals surface area contributed by atoms with Crippen LogP contribution < -0.4 is 15.0 Å². The van der Waals surface area contributed by atoms with Crippen LogP contribution in [0.25, 0.3) is 0 Å². The summed E-state index contributed by atoms with van der Waals surface area (Å²) >= 11 is 6.37. The highest BCUT2D eigenvalue weighted by atomic mass is 35.5. The second-order valence-electron chi connectivity index (χ2n) is 10.3. The number of nitrogens with one attached hydrogen (secondary N) is 1. The number of nitrogens with zero attached hydrogens (tertiary/aromatic N) is 1. The molecule has 0 aliphatic heterocycles. The summed E-state index contributed by atoms with van der Waals surface area (Å²) in [6, 6.07) is 30.3. The van der Waals surface area contributed by atoms with Crippen LogP contribution in [0.2, 0.25) is 5.02 Å². The van der Waals surface area contributed by atoms with Gasteiger partial charge >= 0.3 is 5.97 Å². The van der Waals surface area contributed by atoms with E-state index in [1.807, 2.05) is 73.7 Å². The lowest BCUT2D eigenvalue weighted by Crippen LogP contribution is -2.33. The van der Waals surface area contributed by atoms with Gasteiger partial charge in [0.2, 0.25) is 5.91 Å². The lowest BCUT2D eigenvalue weighted by atomic mass is 10.00. The molecule has 0 unspecified atom stereocenters. The maximum absolute atomic E-state index is 13.2. The molecule has 0 bridgehead atoms. The lowest BCUT2D eigenvalue weighted by molar-refractivity contribution is -0.141. The van der Waals surface area contributed by atoms with E-state index in [2.05, 4.69) is 5.32 Å². The normalized spacial score (nSPS) is 11.3. The van der Waals surface area contributed by atoms with E-state index < -0.39 is 12.0 Å². The van der Waals surface area contributed by atoms with E-state index in [4.69, 9.17) is 21.1 Å². The van der Waals surface area contributed by atoms with Crippen LogP contribution in [0.4, 0.5) is 11.4 Å². The maximum Gasteiger partial charge on any atom is 0.328 e. The molecule has 1 atom stereocenters. The number of anilines is 2. The van der Waals surface area contributed by atoms with Gasteiger partial charge in [-0.05, 0) is 54.8 Å². The SMILES string of the molecule is CCCC(=O)N(CCCOc1ccc(C[C@H](Nc2ccccc2C(=O)c2ccccc2)C(=O)OC)cc1)c1ccccc1Cl. The van der Waals surface area contributed by atoms with Gasteiger partial charge in [0.25, 0.3) is 0 Å². The van der Waals surface area contributed by atoms with E-state index in [0.717, 1.165) is 12.0 Å². The van der Waals surface area contributed by atoms with E-state index >= 15 is 0 Å². The number of hydrogen-bond acceptors (Lipinski definition) is 6. The maximum atomic E-state index is 13.2.